The van der Waals surface area contributed by atoms with Gasteiger partial charge in [0.25, 0.3) is 0 Å². The van der Waals surface area contributed by atoms with E-state index in [0.717, 1.165) is 25.1 Å². The summed E-state index contributed by atoms with van der Waals surface area (Å²) in [6, 6.07) is 8.21. The summed E-state index contributed by atoms with van der Waals surface area (Å²) in [7, 11) is 4.11. The van der Waals surface area contributed by atoms with Crippen LogP contribution in [-0.4, -0.2) is 38.1 Å². The van der Waals surface area contributed by atoms with E-state index in [1.807, 2.05) is 19.1 Å². The Labute approximate surface area is 122 Å². The van der Waals surface area contributed by atoms with Crippen LogP contribution in [0, 0.1) is 5.41 Å². The predicted molar refractivity (Wildman–Crippen MR) is 82.5 cm³/mol. The molecule has 0 fully saturated rings. The molecule has 1 aromatic rings. The van der Waals surface area contributed by atoms with Crippen molar-refractivity contribution in [3.63, 3.8) is 0 Å². The monoisotopic (exact) mass is 278 g/mol. The molecule has 0 saturated carbocycles. The summed E-state index contributed by atoms with van der Waals surface area (Å²) in [6.07, 6.45) is 2.56. The molecule has 0 aliphatic heterocycles. The van der Waals surface area contributed by atoms with Crippen LogP contribution in [0.4, 0.5) is 0 Å². The molecule has 112 valence electrons. The second-order valence-electron chi connectivity index (χ2n) is 5.05. The van der Waals surface area contributed by atoms with Crippen LogP contribution in [-0.2, 0) is 11.3 Å². The van der Waals surface area contributed by atoms with Crippen molar-refractivity contribution in [2.45, 2.75) is 32.7 Å². The van der Waals surface area contributed by atoms with E-state index in [1.54, 1.807) is 0 Å². The van der Waals surface area contributed by atoms with Gasteiger partial charge in [-0.15, -0.1) is 0 Å². The topological polar surface area (TPSA) is 45.6 Å². The van der Waals surface area contributed by atoms with Crippen molar-refractivity contribution in [2.24, 2.45) is 0 Å². The standard InChI is InChI=1S/C16H26N2O2/c1-4-19-16(17)10-5-6-11-20-15-9-7-8-14(12-15)13-18(2)3/h7-9,12,17H,4-6,10-11,13H2,1-3H3. The van der Waals surface area contributed by atoms with Crippen molar-refractivity contribution in [1.82, 2.24) is 4.90 Å². The summed E-state index contributed by atoms with van der Waals surface area (Å²) in [5, 5.41) is 7.51. The number of nitrogens with one attached hydrogen (secondary N) is 1. The molecule has 0 aromatic heterocycles. The van der Waals surface area contributed by atoms with E-state index in [2.05, 4.69) is 31.1 Å². The zero-order valence-corrected chi connectivity index (χ0v) is 12.8. The minimum Gasteiger partial charge on any atom is -0.494 e. The summed E-state index contributed by atoms with van der Waals surface area (Å²) < 4.78 is 10.8. The first kappa shape index (κ1) is 16.5. The van der Waals surface area contributed by atoms with Gasteiger partial charge in [0.2, 0.25) is 0 Å². The lowest BCUT2D eigenvalue weighted by atomic mass is 10.2. The van der Waals surface area contributed by atoms with Crippen LogP contribution < -0.4 is 4.74 Å². The highest BCUT2D eigenvalue weighted by atomic mass is 16.5. The van der Waals surface area contributed by atoms with Gasteiger partial charge in [0, 0.05) is 13.0 Å². The smallest absolute Gasteiger partial charge is 0.180 e. The number of rotatable bonds is 9. The highest BCUT2D eigenvalue weighted by molar-refractivity contribution is 5.72. The maximum absolute atomic E-state index is 7.51. The molecule has 20 heavy (non-hydrogen) atoms. The molecule has 1 N–H and O–H groups in total. The molecule has 0 spiro atoms. The molecule has 0 aliphatic carbocycles. The minimum absolute atomic E-state index is 0.375. The van der Waals surface area contributed by atoms with Crippen LogP contribution in [0.5, 0.6) is 5.75 Å². The van der Waals surface area contributed by atoms with Crippen molar-refractivity contribution in [3.8, 4) is 5.75 Å². The SMILES string of the molecule is CCOC(=N)CCCCOc1cccc(CN(C)C)c1. The molecule has 0 radical (unpaired) electrons. The first-order valence-electron chi connectivity index (χ1n) is 7.18. The second kappa shape index (κ2) is 9.37. The molecule has 4 nitrogen and oxygen atoms in total. The Hall–Kier alpha value is -1.55. The van der Waals surface area contributed by atoms with Crippen molar-refractivity contribution in [2.75, 3.05) is 27.3 Å². The third kappa shape index (κ3) is 7.14. The van der Waals surface area contributed by atoms with E-state index in [9.17, 15) is 0 Å². The molecular weight excluding hydrogens is 252 g/mol. The molecule has 0 atom stereocenters. The first-order chi connectivity index (χ1) is 9.61. The van der Waals surface area contributed by atoms with E-state index >= 15 is 0 Å². The van der Waals surface area contributed by atoms with Crippen LogP contribution in [0.3, 0.4) is 0 Å². The van der Waals surface area contributed by atoms with E-state index in [4.69, 9.17) is 14.9 Å². The lowest BCUT2D eigenvalue weighted by Crippen LogP contribution is -2.10. The zero-order valence-electron chi connectivity index (χ0n) is 12.8. The Morgan fingerprint density at radius 1 is 1.25 bits per heavy atom. The van der Waals surface area contributed by atoms with Crippen LogP contribution >= 0.6 is 0 Å². The fourth-order valence-electron chi connectivity index (χ4n) is 1.92. The Balaban J connectivity index is 2.23. The first-order valence-corrected chi connectivity index (χ1v) is 7.18. The number of unbranched alkanes of at least 4 members (excludes halogenated alkanes) is 1. The van der Waals surface area contributed by atoms with E-state index < -0.39 is 0 Å². The maximum atomic E-state index is 7.51. The summed E-state index contributed by atoms with van der Waals surface area (Å²) in [4.78, 5) is 2.14. The lowest BCUT2D eigenvalue weighted by Gasteiger charge is -2.11. The molecule has 0 amide bonds. The number of hydrogen-bond donors (Lipinski definition) is 1. The second-order valence-corrected chi connectivity index (χ2v) is 5.05. The number of hydrogen-bond acceptors (Lipinski definition) is 4. The summed E-state index contributed by atoms with van der Waals surface area (Å²) in [5.74, 6) is 1.30. The van der Waals surface area contributed by atoms with Gasteiger partial charge in [-0.1, -0.05) is 12.1 Å². The van der Waals surface area contributed by atoms with E-state index in [0.29, 0.717) is 25.5 Å². The Bertz CT molecular complexity index is 405. The highest BCUT2D eigenvalue weighted by Crippen LogP contribution is 2.15. The van der Waals surface area contributed by atoms with Gasteiger partial charge in [-0.2, -0.15) is 0 Å². The van der Waals surface area contributed by atoms with E-state index in [-0.39, 0.29) is 0 Å². The average molecular weight is 278 g/mol. The minimum atomic E-state index is 0.375. The van der Waals surface area contributed by atoms with Crippen LogP contribution in [0.2, 0.25) is 0 Å². The summed E-state index contributed by atoms with van der Waals surface area (Å²) in [6.45, 7) is 4.08. The molecule has 1 rings (SSSR count). The lowest BCUT2D eigenvalue weighted by molar-refractivity contribution is 0.295. The maximum Gasteiger partial charge on any atom is 0.180 e. The van der Waals surface area contributed by atoms with Crippen LogP contribution in [0.25, 0.3) is 0 Å². The van der Waals surface area contributed by atoms with E-state index in [1.165, 1.54) is 5.56 Å². The Kier molecular flexibility index (Phi) is 7.73. The predicted octanol–water partition coefficient (Wildman–Crippen LogP) is 3.31. The Morgan fingerprint density at radius 2 is 2.05 bits per heavy atom. The van der Waals surface area contributed by atoms with Gasteiger partial charge in [-0.05, 0) is 51.6 Å². The largest absolute Gasteiger partial charge is 0.494 e. The van der Waals surface area contributed by atoms with Gasteiger partial charge in [0.1, 0.15) is 5.75 Å². The third-order valence-electron chi connectivity index (χ3n) is 2.78. The number of benzene rings is 1. The molecule has 0 aliphatic rings. The van der Waals surface area contributed by atoms with Crippen molar-refractivity contribution in [3.05, 3.63) is 29.8 Å². The van der Waals surface area contributed by atoms with Crippen LogP contribution in [0.1, 0.15) is 31.7 Å². The van der Waals surface area contributed by atoms with Gasteiger partial charge in [-0.25, -0.2) is 0 Å². The molecule has 0 heterocycles. The Morgan fingerprint density at radius 3 is 2.75 bits per heavy atom. The average Bonchev–Trinajstić information content (AvgIpc) is 2.38. The van der Waals surface area contributed by atoms with Crippen molar-refractivity contribution >= 4 is 5.90 Å². The van der Waals surface area contributed by atoms with Crippen molar-refractivity contribution in [1.29, 1.82) is 5.41 Å². The molecular formula is C16H26N2O2. The van der Waals surface area contributed by atoms with Gasteiger partial charge >= 0.3 is 0 Å². The molecule has 1 aromatic carbocycles. The fourth-order valence-corrected chi connectivity index (χ4v) is 1.92. The third-order valence-corrected chi connectivity index (χ3v) is 2.78. The van der Waals surface area contributed by atoms with Crippen LogP contribution in [0.15, 0.2) is 24.3 Å². The molecule has 4 heteroatoms. The van der Waals surface area contributed by atoms with Gasteiger partial charge in [0.05, 0.1) is 13.2 Å². The normalized spacial score (nSPS) is 10.6. The molecule has 0 unspecified atom stereocenters. The zero-order chi connectivity index (χ0) is 14.8. The van der Waals surface area contributed by atoms with Gasteiger partial charge in [-0.3, -0.25) is 5.41 Å². The molecule has 0 bridgehead atoms. The molecule has 0 saturated heterocycles. The van der Waals surface area contributed by atoms with Gasteiger partial charge in [0.15, 0.2) is 5.90 Å². The van der Waals surface area contributed by atoms with Crippen molar-refractivity contribution < 1.29 is 9.47 Å². The highest BCUT2D eigenvalue weighted by Gasteiger charge is 2.00. The van der Waals surface area contributed by atoms with Gasteiger partial charge < -0.3 is 14.4 Å². The number of ether oxygens (including phenoxy) is 2. The summed E-state index contributed by atoms with van der Waals surface area (Å²) >= 11 is 0. The quantitative estimate of drug-likeness (QED) is 0.428. The summed E-state index contributed by atoms with van der Waals surface area (Å²) in [5.41, 5.74) is 1.26. The fraction of sp³-hybridized carbons (Fsp3) is 0.562. The number of nitrogens with zero attached hydrogens (tertiary/aromatic N) is 1.